The van der Waals surface area contributed by atoms with Crippen LogP contribution in [0.25, 0.3) is 0 Å². The zero-order valence-electron chi connectivity index (χ0n) is 18.5. The molecule has 0 spiro atoms. The smallest absolute Gasteiger partial charge is 0.273 e. The van der Waals surface area contributed by atoms with Crippen molar-refractivity contribution >= 4 is 22.7 Å². The van der Waals surface area contributed by atoms with E-state index in [2.05, 4.69) is 9.80 Å². The van der Waals surface area contributed by atoms with Crippen molar-refractivity contribution in [1.82, 2.24) is 0 Å². The maximum absolute atomic E-state index is 10.7. The molecular formula is C22H30N4O6. The number of morpholine rings is 2. The molecule has 0 bridgehead atoms. The minimum absolute atomic E-state index is 0.0406. The number of non-ortho nitro benzene ring substituents is 1. The van der Waals surface area contributed by atoms with Crippen molar-refractivity contribution in [3.05, 3.63) is 46.5 Å². The van der Waals surface area contributed by atoms with Crippen molar-refractivity contribution in [2.24, 2.45) is 0 Å². The Morgan fingerprint density at radius 1 is 0.844 bits per heavy atom. The van der Waals surface area contributed by atoms with Gasteiger partial charge in [-0.3, -0.25) is 10.1 Å². The van der Waals surface area contributed by atoms with Gasteiger partial charge in [-0.15, -0.1) is 0 Å². The van der Waals surface area contributed by atoms with Gasteiger partial charge in [0.05, 0.1) is 63.0 Å². The number of nitrogens with two attached hydrogens (primary N) is 1. The highest BCUT2D eigenvalue weighted by atomic mass is 16.6. The number of hydrogen-bond acceptors (Lipinski definition) is 9. The van der Waals surface area contributed by atoms with Crippen LogP contribution >= 0.6 is 0 Å². The van der Waals surface area contributed by atoms with Crippen LogP contribution in [0.15, 0.2) is 36.4 Å². The van der Waals surface area contributed by atoms with Crippen LogP contribution in [0.4, 0.5) is 22.7 Å². The van der Waals surface area contributed by atoms with Crippen LogP contribution in [-0.2, 0) is 9.47 Å². The average Bonchev–Trinajstić information content (AvgIpc) is 2.85. The summed E-state index contributed by atoms with van der Waals surface area (Å²) in [6.45, 7) is 6.23. The van der Waals surface area contributed by atoms with Crippen molar-refractivity contribution < 1.29 is 23.9 Å². The summed E-state index contributed by atoms with van der Waals surface area (Å²) in [4.78, 5) is 14.6. The van der Waals surface area contributed by atoms with Gasteiger partial charge in [-0.05, 0) is 18.2 Å². The lowest BCUT2D eigenvalue weighted by Gasteiger charge is -2.30. The number of benzene rings is 2. The van der Waals surface area contributed by atoms with Crippen LogP contribution in [0.3, 0.4) is 0 Å². The van der Waals surface area contributed by atoms with Crippen LogP contribution < -0.4 is 25.0 Å². The molecule has 10 heteroatoms. The molecule has 2 aromatic carbocycles. The SMILES string of the molecule is COc1cc(N)ccc1N1CCOCC1.COc1cc([N+](=O)[O-])ccc1N1CCOCC1. The molecule has 2 fully saturated rings. The molecule has 0 radical (unpaired) electrons. The number of rotatable bonds is 5. The van der Waals surface area contributed by atoms with Gasteiger partial charge >= 0.3 is 0 Å². The maximum Gasteiger partial charge on any atom is 0.273 e. The van der Waals surface area contributed by atoms with Crippen molar-refractivity contribution in [3.8, 4) is 11.5 Å². The average molecular weight is 447 g/mol. The topological polar surface area (TPSA) is 113 Å². The Hall–Kier alpha value is -3.24. The van der Waals surface area contributed by atoms with Crippen LogP contribution in [0.5, 0.6) is 11.5 Å². The fourth-order valence-corrected chi connectivity index (χ4v) is 3.61. The van der Waals surface area contributed by atoms with Crippen LogP contribution in [0.1, 0.15) is 0 Å². The first-order valence-corrected chi connectivity index (χ1v) is 10.4. The lowest BCUT2D eigenvalue weighted by Crippen LogP contribution is -2.36. The number of nitro benzene ring substituents is 1. The number of nitrogens with zero attached hydrogens (tertiary/aromatic N) is 3. The molecule has 2 heterocycles. The van der Waals surface area contributed by atoms with Gasteiger partial charge < -0.3 is 34.5 Å². The summed E-state index contributed by atoms with van der Waals surface area (Å²) in [6, 6.07) is 10.4. The highest BCUT2D eigenvalue weighted by molar-refractivity contribution is 5.64. The lowest BCUT2D eigenvalue weighted by atomic mass is 10.2. The van der Waals surface area contributed by atoms with Gasteiger partial charge in [-0.25, -0.2) is 0 Å². The summed E-state index contributed by atoms with van der Waals surface area (Å²) in [6.07, 6.45) is 0. The van der Waals surface area contributed by atoms with Crippen LogP contribution in [-0.4, -0.2) is 71.7 Å². The van der Waals surface area contributed by atoms with Crippen LogP contribution in [0, 0.1) is 10.1 Å². The van der Waals surface area contributed by atoms with Crippen molar-refractivity contribution in [2.45, 2.75) is 0 Å². The first-order chi connectivity index (χ1) is 15.5. The van der Waals surface area contributed by atoms with Crippen LogP contribution in [0.2, 0.25) is 0 Å². The summed E-state index contributed by atoms with van der Waals surface area (Å²) in [5.41, 5.74) is 8.44. The number of hydrogen-bond donors (Lipinski definition) is 1. The van der Waals surface area contributed by atoms with Gasteiger partial charge in [0.2, 0.25) is 0 Å². The zero-order valence-corrected chi connectivity index (χ0v) is 18.5. The predicted molar refractivity (Wildman–Crippen MR) is 123 cm³/mol. The van der Waals surface area contributed by atoms with E-state index in [9.17, 15) is 10.1 Å². The second-order valence-corrected chi connectivity index (χ2v) is 7.24. The van der Waals surface area contributed by atoms with Gasteiger partial charge in [-0.1, -0.05) is 0 Å². The van der Waals surface area contributed by atoms with Crippen molar-refractivity contribution in [3.63, 3.8) is 0 Å². The summed E-state index contributed by atoms with van der Waals surface area (Å²) < 4.78 is 21.1. The van der Waals surface area contributed by atoms with Crippen molar-refractivity contribution in [2.75, 3.05) is 82.4 Å². The fraction of sp³-hybridized carbons (Fsp3) is 0.455. The lowest BCUT2D eigenvalue weighted by molar-refractivity contribution is -0.384. The predicted octanol–water partition coefficient (Wildman–Crippen LogP) is 2.55. The van der Waals surface area contributed by atoms with E-state index in [1.54, 1.807) is 13.2 Å². The number of anilines is 3. The zero-order chi connectivity index (χ0) is 22.9. The molecule has 0 amide bonds. The Balaban J connectivity index is 0.000000182. The summed E-state index contributed by atoms with van der Waals surface area (Å²) in [7, 11) is 3.18. The quantitative estimate of drug-likeness (QED) is 0.420. The van der Waals surface area contributed by atoms with E-state index in [-0.39, 0.29) is 5.69 Å². The third-order valence-corrected chi connectivity index (χ3v) is 5.28. The molecule has 0 saturated carbocycles. The van der Waals surface area contributed by atoms with E-state index in [0.717, 1.165) is 62.2 Å². The normalized spacial score (nSPS) is 16.1. The highest BCUT2D eigenvalue weighted by Gasteiger charge is 2.18. The van der Waals surface area contributed by atoms with Gasteiger partial charge in [0.1, 0.15) is 11.5 Å². The standard InChI is InChI=1S/C11H14N2O4.C11H16N2O2/c1-16-11-8-9(13(14)15)2-3-10(11)12-4-6-17-7-5-12;1-14-11-8-9(12)2-3-10(11)13-4-6-15-7-5-13/h2-3,8H,4-7H2,1H3;2-3,8H,4-7,12H2,1H3. The monoisotopic (exact) mass is 446 g/mol. The van der Waals surface area contributed by atoms with E-state index in [1.807, 2.05) is 18.2 Å². The largest absolute Gasteiger partial charge is 0.495 e. The van der Waals surface area contributed by atoms with Gasteiger partial charge in [0, 0.05) is 44.0 Å². The highest BCUT2D eigenvalue weighted by Crippen LogP contribution is 2.32. The first-order valence-electron chi connectivity index (χ1n) is 10.4. The van der Waals surface area contributed by atoms with E-state index in [0.29, 0.717) is 19.0 Å². The fourth-order valence-electron chi connectivity index (χ4n) is 3.61. The third kappa shape index (κ3) is 5.92. The minimum Gasteiger partial charge on any atom is -0.495 e. The number of nitrogen functional groups attached to an aromatic ring is 1. The summed E-state index contributed by atoms with van der Waals surface area (Å²) >= 11 is 0. The Bertz CT molecular complexity index is 898. The second-order valence-electron chi connectivity index (χ2n) is 7.24. The molecule has 2 aliphatic rings. The number of methoxy groups -OCH3 is 2. The molecular weight excluding hydrogens is 416 g/mol. The Morgan fingerprint density at radius 3 is 1.78 bits per heavy atom. The molecule has 32 heavy (non-hydrogen) atoms. The molecule has 174 valence electrons. The molecule has 2 aromatic rings. The summed E-state index contributed by atoms with van der Waals surface area (Å²) in [5, 5.41) is 10.7. The molecule has 2 saturated heterocycles. The molecule has 0 atom stereocenters. The Labute approximate surface area is 187 Å². The van der Waals surface area contributed by atoms with E-state index < -0.39 is 4.92 Å². The number of ether oxygens (including phenoxy) is 4. The molecule has 0 aliphatic carbocycles. The molecule has 0 unspecified atom stereocenters. The minimum atomic E-state index is -0.425. The van der Waals surface area contributed by atoms with E-state index >= 15 is 0 Å². The summed E-state index contributed by atoms with van der Waals surface area (Å²) in [5.74, 6) is 1.36. The van der Waals surface area contributed by atoms with E-state index in [1.165, 1.54) is 19.2 Å². The van der Waals surface area contributed by atoms with Gasteiger partial charge in [0.15, 0.2) is 0 Å². The third-order valence-electron chi connectivity index (χ3n) is 5.28. The Morgan fingerprint density at radius 2 is 1.31 bits per heavy atom. The number of nitro groups is 1. The first kappa shape index (κ1) is 23.4. The Kier molecular flexibility index (Phi) is 8.34. The maximum atomic E-state index is 10.7. The second kappa shape index (κ2) is 11.4. The van der Waals surface area contributed by atoms with Gasteiger partial charge in [-0.2, -0.15) is 0 Å². The van der Waals surface area contributed by atoms with Gasteiger partial charge in [0.25, 0.3) is 5.69 Å². The molecule has 0 aromatic heterocycles. The molecule has 2 aliphatic heterocycles. The molecule has 2 N–H and O–H groups in total. The molecule has 4 rings (SSSR count). The van der Waals surface area contributed by atoms with E-state index in [4.69, 9.17) is 24.7 Å². The van der Waals surface area contributed by atoms with Crippen molar-refractivity contribution in [1.29, 1.82) is 0 Å². The molecule has 10 nitrogen and oxygen atoms in total.